The number of amides is 2. The van der Waals surface area contributed by atoms with Gasteiger partial charge in [0, 0.05) is 17.7 Å². The molecule has 1 aromatic carbocycles. The van der Waals surface area contributed by atoms with Gasteiger partial charge < -0.3 is 9.88 Å². The van der Waals surface area contributed by atoms with Gasteiger partial charge in [-0.3, -0.25) is 14.5 Å². The molecule has 3 rings (SSSR count). The molecule has 0 spiro atoms. The van der Waals surface area contributed by atoms with Gasteiger partial charge in [0.15, 0.2) is 0 Å². The second-order valence-corrected chi connectivity index (χ2v) is 5.53. The molecule has 1 N–H and O–H groups in total. The first kappa shape index (κ1) is 12.9. The van der Waals surface area contributed by atoms with Crippen molar-refractivity contribution in [2.45, 2.75) is 0 Å². The Bertz CT molecular complexity index is 708. The van der Waals surface area contributed by atoms with Gasteiger partial charge in [0.05, 0.1) is 11.4 Å². The van der Waals surface area contributed by atoms with Crippen LogP contribution in [0.1, 0.15) is 10.5 Å². The van der Waals surface area contributed by atoms with Crippen molar-refractivity contribution in [1.29, 1.82) is 0 Å². The number of anilines is 2. The van der Waals surface area contributed by atoms with E-state index >= 15 is 0 Å². The lowest BCUT2D eigenvalue weighted by Crippen LogP contribution is -2.42. The molecule has 5 nitrogen and oxygen atoms in total. The molecule has 20 heavy (non-hydrogen) atoms. The Morgan fingerprint density at radius 1 is 1.35 bits per heavy atom. The first-order valence-electron chi connectivity index (χ1n) is 6.09. The molecular weight excluding hydrogens is 322 g/mol. The van der Waals surface area contributed by atoms with Crippen LogP contribution in [-0.2, 0) is 11.8 Å². The maximum atomic E-state index is 12.6. The third kappa shape index (κ3) is 2.12. The Morgan fingerprint density at radius 2 is 2.10 bits per heavy atom. The number of carbonyl (C=O) groups excluding carboxylic acids is 2. The predicted molar refractivity (Wildman–Crippen MR) is 79.9 cm³/mol. The van der Waals surface area contributed by atoms with E-state index in [0.29, 0.717) is 11.4 Å². The molecule has 1 aromatic heterocycles. The molecule has 0 saturated heterocycles. The van der Waals surface area contributed by atoms with Crippen LogP contribution < -0.4 is 10.2 Å². The number of carbonyl (C=O) groups is 2. The van der Waals surface area contributed by atoms with Crippen molar-refractivity contribution < 1.29 is 9.59 Å². The van der Waals surface area contributed by atoms with E-state index in [4.69, 9.17) is 0 Å². The summed E-state index contributed by atoms with van der Waals surface area (Å²) in [4.78, 5) is 25.9. The first-order valence-corrected chi connectivity index (χ1v) is 6.88. The Balaban J connectivity index is 2.04. The van der Waals surface area contributed by atoms with Gasteiger partial charge in [-0.25, -0.2) is 0 Å². The van der Waals surface area contributed by atoms with Crippen LogP contribution in [-0.4, -0.2) is 22.9 Å². The number of benzene rings is 1. The number of rotatable bonds is 1. The number of hydrogen-bond acceptors (Lipinski definition) is 2. The van der Waals surface area contributed by atoms with Gasteiger partial charge in [-0.15, -0.1) is 0 Å². The van der Waals surface area contributed by atoms with E-state index in [2.05, 4.69) is 21.2 Å². The zero-order chi connectivity index (χ0) is 14.3. The monoisotopic (exact) mass is 333 g/mol. The number of nitrogens with one attached hydrogen (secondary N) is 1. The molecule has 6 heteroatoms. The van der Waals surface area contributed by atoms with E-state index in [1.807, 2.05) is 24.4 Å². The van der Waals surface area contributed by atoms with Crippen LogP contribution in [0.2, 0.25) is 0 Å². The standard InChI is InChI=1S/C14H12BrN3O2/c1-17-7-9(15)6-12(17)14(20)18-8-13(19)16-10-4-2-3-5-11(10)18/h2-7H,8H2,1H3,(H,16,19). The van der Waals surface area contributed by atoms with Gasteiger partial charge >= 0.3 is 0 Å². The fourth-order valence-electron chi connectivity index (χ4n) is 2.29. The first-order chi connectivity index (χ1) is 9.56. The normalized spacial score (nSPS) is 13.9. The minimum atomic E-state index is -0.194. The number of nitrogens with zero attached hydrogens (tertiary/aromatic N) is 2. The SMILES string of the molecule is Cn1cc(Br)cc1C(=O)N1CC(=O)Nc2ccccc21. The van der Waals surface area contributed by atoms with Crippen LogP contribution in [0.25, 0.3) is 0 Å². The number of halogens is 1. The summed E-state index contributed by atoms with van der Waals surface area (Å²) in [5.41, 5.74) is 1.90. The van der Waals surface area contributed by atoms with Crippen LogP contribution in [0.4, 0.5) is 11.4 Å². The average Bonchev–Trinajstić information content (AvgIpc) is 2.76. The second kappa shape index (κ2) is 4.79. The van der Waals surface area contributed by atoms with E-state index in [9.17, 15) is 9.59 Å². The summed E-state index contributed by atoms with van der Waals surface area (Å²) in [5, 5.41) is 2.77. The van der Waals surface area contributed by atoms with Gasteiger partial charge in [0.25, 0.3) is 5.91 Å². The molecule has 0 bridgehead atoms. The predicted octanol–water partition coefficient (Wildman–Crippen LogP) is 2.39. The molecule has 1 aliphatic rings. The maximum Gasteiger partial charge on any atom is 0.275 e. The van der Waals surface area contributed by atoms with Crippen molar-refractivity contribution in [3.8, 4) is 0 Å². The second-order valence-electron chi connectivity index (χ2n) is 4.61. The molecule has 0 atom stereocenters. The van der Waals surface area contributed by atoms with E-state index in [1.165, 1.54) is 4.90 Å². The summed E-state index contributed by atoms with van der Waals surface area (Å²) in [6, 6.07) is 9.03. The van der Waals surface area contributed by atoms with E-state index in [-0.39, 0.29) is 18.4 Å². The molecule has 0 fully saturated rings. The number of fused-ring (bicyclic) bond motifs is 1. The van der Waals surface area contributed by atoms with Crippen LogP contribution in [0.3, 0.4) is 0 Å². The van der Waals surface area contributed by atoms with E-state index < -0.39 is 0 Å². The summed E-state index contributed by atoms with van der Waals surface area (Å²) in [6.07, 6.45) is 1.81. The van der Waals surface area contributed by atoms with Crippen molar-refractivity contribution in [3.05, 3.63) is 46.7 Å². The lowest BCUT2D eigenvalue weighted by atomic mass is 10.2. The van der Waals surface area contributed by atoms with Crippen LogP contribution in [0.15, 0.2) is 41.0 Å². The lowest BCUT2D eigenvalue weighted by molar-refractivity contribution is -0.115. The fraction of sp³-hybridized carbons (Fsp3) is 0.143. The van der Waals surface area contributed by atoms with Crippen LogP contribution >= 0.6 is 15.9 Å². The van der Waals surface area contributed by atoms with Gasteiger partial charge in [0.1, 0.15) is 12.2 Å². The number of hydrogen-bond donors (Lipinski definition) is 1. The Labute approximate surface area is 124 Å². The number of aromatic nitrogens is 1. The summed E-state index contributed by atoms with van der Waals surface area (Å²) in [5.74, 6) is -0.383. The highest BCUT2D eigenvalue weighted by Crippen LogP contribution is 2.30. The highest BCUT2D eigenvalue weighted by atomic mass is 79.9. The van der Waals surface area contributed by atoms with Crippen molar-refractivity contribution in [2.24, 2.45) is 7.05 Å². The van der Waals surface area contributed by atoms with Crippen LogP contribution in [0, 0.1) is 0 Å². The van der Waals surface area contributed by atoms with Gasteiger partial charge in [-0.1, -0.05) is 12.1 Å². The average molecular weight is 334 g/mol. The highest BCUT2D eigenvalue weighted by Gasteiger charge is 2.28. The summed E-state index contributed by atoms with van der Waals surface area (Å²) in [7, 11) is 1.80. The Kier molecular flexibility index (Phi) is 3.10. The number of aryl methyl sites for hydroxylation is 1. The van der Waals surface area contributed by atoms with Crippen molar-refractivity contribution >= 4 is 39.1 Å². The molecule has 0 aliphatic carbocycles. The fourth-order valence-corrected chi connectivity index (χ4v) is 2.81. The smallest absolute Gasteiger partial charge is 0.275 e. The molecule has 2 amide bonds. The van der Waals surface area contributed by atoms with Crippen molar-refractivity contribution in [3.63, 3.8) is 0 Å². The summed E-state index contributed by atoms with van der Waals surface area (Å²) >= 11 is 3.35. The zero-order valence-corrected chi connectivity index (χ0v) is 12.3. The molecule has 2 aromatic rings. The number of para-hydroxylation sites is 2. The minimum Gasteiger partial charge on any atom is -0.345 e. The molecule has 0 unspecified atom stereocenters. The molecule has 0 radical (unpaired) electrons. The van der Waals surface area contributed by atoms with E-state index in [1.54, 1.807) is 23.7 Å². The van der Waals surface area contributed by atoms with Crippen molar-refractivity contribution in [2.75, 3.05) is 16.8 Å². The van der Waals surface area contributed by atoms with Gasteiger partial charge in [-0.2, -0.15) is 0 Å². The maximum absolute atomic E-state index is 12.6. The summed E-state index contributed by atoms with van der Waals surface area (Å²) < 4.78 is 2.57. The third-order valence-corrected chi connectivity index (χ3v) is 3.64. The van der Waals surface area contributed by atoms with Crippen molar-refractivity contribution in [1.82, 2.24) is 4.57 Å². The molecule has 1 aliphatic heterocycles. The van der Waals surface area contributed by atoms with E-state index in [0.717, 1.165) is 10.2 Å². The topological polar surface area (TPSA) is 54.3 Å². The Hall–Kier alpha value is -2.08. The van der Waals surface area contributed by atoms with Gasteiger partial charge in [0.2, 0.25) is 5.91 Å². The molecule has 102 valence electrons. The minimum absolute atomic E-state index is 0.0264. The Morgan fingerprint density at radius 3 is 2.80 bits per heavy atom. The zero-order valence-electron chi connectivity index (χ0n) is 10.8. The lowest BCUT2D eigenvalue weighted by Gasteiger charge is -2.29. The molecule has 0 saturated carbocycles. The molecular formula is C14H12BrN3O2. The largest absolute Gasteiger partial charge is 0.345 e. The van der Waals surface area contributed by atoms with Gasteiger partial charge in [-0.05, 0) is 34.1 Å². The third-order valence-electron chi connectivity index (χ3n) is 3.21. The quantitative estimate of drug-likeness (QED) is 0.871. The van der Waals surface area contributed by atoms with Crippen LogP contribution in [0.5, 0.6) is 0 Å². The highest BCUT2D eigenvalue weighted by molar-refractivity contribution is 9.10. The summed E-state index contributed by atoms with van der Waals surface area (Å²) in [6.45, 7) is 0.0264. The molecule has 2 heterocycles.